The zero-order valence-electron chi connectivity index (χ0n) is 16.5. The van der Waals surface area contributed by atoms with Crippen molar-refractivity contribution in [2.24, 2.45) is 0 Å². The van der Waals surface area contributed by atoms with E-state index in [0.29, 0.717) is 44.3 Å². The van der Waals surface area contributed by atoms with E-state index in [4.69, 9.17) is 9.84 Å². The van der Waals surface area contributed by atoms with Gasteiger partial charge in [-0.25, -0.2) is 8.42 Å². The van der Waals surface area contributed by atoms with Crippen LogP contribution >= 0.6 is 0 Å². The fraction of sp³-hybridized carbons (Fsp3) is 0.500. The maximum absolute atomic E-state index is 13.3. The van der Waals surface area contributed by atoms with Crippen LogP contribution in [0.1, 0.15) is 0 Å². The first-order chi connectivity index (χ1) is 13.4. The van der Waals surface area contributed by atoms with Crippen LogP contribution in [-0.4, -0.2) is 89.4 Å². The van der Waals surface area contributed by atoms with Crippen LogP contribution in [0.4, 0.5) is 5.69 Å². The van der Waals surface area contributed by atoms with Crippen LogP contribution in [-0.2, 0) is 14.8 Å². The molecule has 1 saturated heterocycles. The third-order valence-corrected chi connectivity index (χ3v) is 7.03. The van der Waals surface area contributed by atoms with Gasteiger partial charge in [-0.3, -0.25) is 4.90 Å². The molecule has 154 valence electrons. The molecule has 2 aromatic carbocycles. The second-order valence-electron chi connectivity index (χ2n) is 7.10. The Morgan fingerprint density at radius 2 is 1.68 bits per heavy atom. The van der Waals surface area contributed by atoms with Gasteiger partial charge in [0.05, 0.1) is 24.7 Å². The van der Waals surface area contributed by atoms with Crippen molar-refractivity contribution in [1.29, 1.82) is 0 Å². The van der Waals surface area contributed by atoms with Gasteiger partial charge in [0, 0.05) is 63.3 Å². The molecule has 1 aliphatic rings. The van der Waals surface area contributed by atoms with Crippen LogP contribution in [0.2, 0.25) is 0 Å². The van der Waals surface area contributed by atoms with E-state index in [9.17, 15) is 8.42 Å². The average molecular weight is 408 g/mol. The van der Waals surface area contributed by atoms with E-state index in [1.807, 2.05) is 49.3 Å². The Morgan fingerprint density at radius 3 is 2.36 bits per heavy atom. The molecule has 0 amide bonds. The average Bonchev–Trinajstić information content (AvgIpc) is 2.70. The summed E-state index contributed by atoms with van der Waals surface area (Å²) in [4.78, 5) is 4.56. The van der Waals surface area contributed by atoms with E-state index < -0.39 is 10.0 Å². The molecular weight excluding hydrogens is 378 g/mol. The maximum Gasteiger partial charge on any atom is 0.243 e. The first-order valence-electron chi connectivity index (χ1n) is 9.55. The Kier molecular flexibility index (Phi) is 6.90. The quantitative estimate of drug-likeness (QED) is 0.664. The summed E-state index contributed by atoms with van der Waals surface area (Å²) in [5.41, 5.74) is 1.00. The van der Waals surface area contributed by atoms with E-state index in [2.05, 4.69) is 4.90 Å². The highest BCUT2D eigenvalue weighted by Gasteiger charge is 2.29. The largest absolute Gasteiger partial charge is 0.394 e. The summed E-state index contributed by atoms with van der Waals surface area (Å²) < 4.78 is 33.5. The summed E-state index contributed by atoms with van der Waals surface area (Å²) >= 11 is 0. The topological polar surface area (TPSA) is 73.3 Å². The predicted octanol–water partition coefficient (Wildman–Crippen LogP) is 1.22. The summed E-state index contributed by atoms with van der Waals surface area (Å²) in [5, 5.41) is 10.4. The molecule has 0 radical (unpaired) electrons. The van der Waals surface area contributed by atoms with Crippen LogP contribution in [0, 0.1) is 0 Å². The first-order valence-corrected chi connectivity index (χ1v) is 11.0. The molecule has 2 aromatic rings. The summed E-state index contributed by atoms with van der Waals surface area (Å²) in [6.07, 6.45) is 0. The highest BCUT2D eigenvalue weighted by molar-refractivity contribution is 7.89. The van der Waals surface area contributed by atoms with Crippen molar-refractivity contribution in [3.8, 4) is 0 Å². The fourth-order valence-corrected chi connectivity index (χ4v) is 5.20. The zero-order valence-corrected chi connectivity index (χ0v) is 17.4. The molecule has 8 heteroatoms. The number of sulfonamides is 1. The molecule has 0 unspecified atom stereocenters. The minimum absolute atomic E-state index is 0.0204. The minimum Gasteiger partial charge on any atom is -0.394 e. The number of aliphatic hydroxyl groups is 1. The summed E-state index contributed by atoms with van der Waals surface area (Å²) in [5.74, 6) is 0. The molecule has 3 rings (SSSR count). The SMILES string of the molecule is CN(C)c1cccc2c(S(=O)(=O)N3CCN(CCOCCO)CC3)cccc12. The van der Waals surface area contributed by atoms with Crippen LogP contribution in [0.15, 0.2) is 41.3 Å². The third kappa shape index (κ3) is 4.47. The molecule has 1 fully saturated rings. The molecule has 0 aliphatic carbocycles. The normalized spacial score (nSPS) is 16.5. The van der Waals surface area contributed by atoms with Gasteiger partial charge in [0.15, 0.2) is 0 Å². The fourth-order valence-electron chi connectivity index (χ4n) is 3.57. The summed E-state index contributed by atoms with van der Waals surface area (Å²) in [7, 11) is 0.356. The lowest BCUT2D eigenvalue weighted by Gasteiger charge is -2.34. The van der Waals surface area contributed by atoms with Crippen molar-refractivity contribution in [2.75, 3.05) is 71.5 Å². The second-order valence-corrected chi connectivity index (χ2v) is 9.01. The molecular formula is C20H29N3O4S. The summed E-state index contributed by atoms with van der Waals surface area (Å²) in [6.45, 7) is 3.93. The number of fused-ring (bicyclic) bond motifs is 1. The van der Waals surface area contributed by atoms with Crippen LogP contribution in [0.5, 0.6) is 0 Å². The van der Waals surface area contributed by atoms with Gasteiger partial charge in [-0.15, -0.1) is 0 Å². The van der Waals surface area contributed by atoms with E-state index in [0.717, 1.165) is 23.0 Å². The van der Waals surface area contributed by atoms with Crippen LogP contribution in [0.3, 0.4) is 0 Å². The molecule has 28 heavy (non-hydrogen) atoms. The first kappa shape index (κ1) is 21.0. The van der Waals surface area contributed by atoms with Crippen molar-refractivity contribution >= 4 is 26.5 Å². The number of hydrogen-bond acceptors (Lipinski definition) is 6. The molecule has 0 atom stereocenters. The number of anilines is 1. The number of piperazine rings is 1. The Bertz CT molecular complexity index is 893. The molecule has 0 aromatic heterocycles. The number of rotatable bonds is 8. The lowest BCUT2D eigenvalue weighted by atomic mass is 10.1. The Hall–Kier alpha value is -1.71. The van der Waals surface area contributed by atoms with Gasteiger partial charge in [0.2, 0.25) is 10.0 Å². The lowest BCUT2D eigenvalue weighted by Crippen LogP contribution is -2.49. The van der Waals surface area contributed by atoms with Crippen LogP contribution < -0.4 is 4.90 Å². The molecule has 1 heterocycles. The Balaban J connectivity index is 1.76. The second kappa shape index (κ2) is 9.19. The minimum atomic E-state index is -3.56. The van der Waals surface area contributed by atoms with Crippen molar-refractivity contribution < 1.29 is 18.3 Å². The standard InChI is InChI=1S/C20H29N3O4S/c1-21(2)19-7-3-6-18-17(19)5-4-8-20(18)28(25,26)23-11-9-22(10-12-23)13-15-27-16-14-24/h3-8,24H,9-16H2,1-2H3. The van der Waals surface area contributed by atoms with Gasteiger partial charge in [-0.2, -0.15) is 4.31 Å². The molecule has 0 saturated carbocycles. The molecule has 1 aliphatic heterocycles. The van der Waals surface area contributed by atoms with Crippen molar-refractivity contribution in [1.82, 2.24) is 9.21 Å². The van der Waals surface area contributed by atoms with Gasteiger partial charge < -0.3 is 14.7 Å². The van der Waals surface area contributed by atoms with Crippen LogP contribution in [0.25, 0.3) is 10.8 Å². The van der Waals surface area contributed by atoms with E-state index >= 15 is 0 Å². The third-order valence-electron chi connectivity index (χ3n) is 5.08. The highest BCUT2D eigenvalue weighted by atomic mass is 32.2. The van der Waals surface area contributed by atoms with Gasteiger partial charge in [0.1, 0.15) is 0 Å². The van der Waals surface area contributed by atoms with Crippen molar-refractivity contribution in [2.45, 2.75) is 4.90 Å². The number of ether oxygens (including phenoxy) is 1. The summed E-state index contributed by atoms with van der Waals surface area (Å²) in [6, 6.07) is 11.3. The molecule has 1 N–H and O–H groups in total. The van der Waals surface area contributed by atoms with Crippen molar-refractivity contribution in [3.63, 3.8) is 0 Å². The number of hydrogen-bond donors (Lipinski definition) is 1. The molecule has 7 nitrogen and oxygen atoms in total. The molecule has 0 spiro atoms. The van der Waals surface area contributed by atoms with Crippen molar-refractivity contribution in [3.05, 3.63) is 36.4 Å². The Labute approximate surface area is 167 Å². The lowest BCUT2D eigenvalue weighted by molar-refractivity contribution is 0.0661. The monoisotopic (exact) mass is 407 g/mol. The van der Waals surface area contributed by atoms with Gasteiger partial charge in [-0.05, 0) is 12.1 Å². The molecule has 0 bridgehead atoms. The van der Waals surface area contributed by atoms with E-state index in [-0.39, 0.29) is 6.61 Å². The van der Waals surface area contributed by atoms with Gasteiger partial charge in [-0.1, -0.05) is 24.3 Å². The smallest absolute Gasteiger partial charge is 0.243 e. The number of nitrogens with zero attached hydrogens (tertiary/aromatic N) is 3. The van der Waals surface area contributed by atoms with Gasteiger partial charge >= 0.3 is 0 Å². The Morgan fingerprint density at radius 1 is 1.00 bits per heavy atom. The highest BCUT2D eigenvalue weighted by Crippen LogP contribution is 2.31. The maximum atomic E-state index is 13.3. The zero-order chi connectivity index (χ0) is 20.1. The predicted molar refractivity (Wildman–Crippen MR) is 111 cm³/mol. The number of aliphatic hydroxyl groups excluding tert-OH is 1. The number of benzene rings is 2. The van der Waals surface area contributed by atoms with E-state index in [1.165, 1.54) is 0 Å². The van der Waals surface area contributed by atoms with Gasteiger partial charge in [0.25, 0.3) is 0 Å². The van der Waals surface area contributed by atoms with E-state index in [1.54, 1.807) is 10.4 Å².